The van der Waals surface area contributed by atoms with Gasteiger partial charge in [0, 0.05) is 12.6 Å². The van der Waals surface area contributed by atoms with Crippen molar-refractivity contribution in [2.24, 2.45) is 0 Å². The summed E-state index contributed by atoms with van der Waals surface area (Å²) in [6, 6.07) is 5.06. The van der Waals surface area contributed by atoms with Crippen LogP contribution in [0, 0.1) is 0 Å². The maximum atomic E-state index is 12.4. The molecule has 2 aromatic rings. The Morgan fingerprint density at radius 3 is 3.14 bits per heavy atom. The second kappa shape index (κ2) is 5.90. The van der Waals surface area contributed by atoms with E-state index in [9.17, 15) is 9.59 Å². The van der Waals surface area contributed by atoms with Crippen molar-refractivity contribution in [3.63, 3.8) is 0 Å². The summed E-state index contributed by atoms with van der Waals surface area (Å²) in [5.41, 5.74) is 0.476. The molecule has 1 aliphatic heterocycles. The largest absolute Gasteiger partial charge is 0.349 e. The highest BCUT2D eigenvalue weighted by atomic mass is 16.2. The lowest BCUT2D eigenvalue weighted by atomic mass is 10.1. The average molecular weight is 287 g/mol. The van der Waals surface area contributed by atoms with E-state index in [0.717, 1.165) is 25.0 Å². The highest BCUT2D eigenvalue weighted by Crippen LogP contribution is 2.21. The van der Waals surface area contributed by atoms with Gasteiger partial charge in [0.1, 0.15) is 11.9 Å². The van der Waals surface area contributed by atoms with Crippen molar-refractivity contribution < 1.29 is 4.79 Å². The molecule has 1 amide bonds. The molecule has 0 aromatic carbocycles. The Hall–Kier alpha value is -2.44. The van der Waals surface area contributed by atoms with Crippen LogP contribution < -0.4 is 11.0 Å². The number of aryl methyl sites for hydroxylation is 1. The highest BCUT2D eigenvalue weighted by molar-refractivity contribution is 5.80. The number of hydrogen-bond donors (Lipinski definition) is 2. The van der Waals surface area contributed by atoms with Crippen LogP contribution in [-0.2, 0) is 17.8 Å². The van der Waals surface area contributed by atoms with Gasteiger partial charge in [-0.3, -0.25) is 14.3 Å². The molecule has 21 heavy (non-hydrogen) atoms. The van der Waals surface area contributed by atoms with E-state index in [1.165, 1.54) is 4.57 Å². The predicted molar refractivity (Wildman–Crippen MR) is 75.5 cm³/mol. The molecule has 1 unspecified atom stereocenters. The van der Waals surface area contributed by atoms with Crippen molar-refractivity contribution in [3.8, 4) is 0 Å². The Morgan fingerprint density at radius 2 is 2.33 bits per heavy atom. The normalized spacial score (nSPS) is 17.8. The van der Waals surface area contributed by atoms with E-state index in [4.69, 9.17) is 0 Å². The molecule has 7 nitrogen and oxygen atoms in total. The maximum absolute atomic E-state index is 12.4. The first-order valence-corrected chi connectivity index (χ1v) is 7.09. The molecule has 3 rings (SSSR count). The Balaban J connectivity index is 1.75. The maximum Gasteiger partial charge on any atom is 0.344 e. The number of carbonyl (C=O) groups is 1. The third-order valence-electron chi connectivity index (χ3n) is 3.69. The monoisotopic (exact) mass is 287 g/mol. The van der Waals surface area contributed by atoms with Crippen LogP contribution in [0.3, 0.4) is 0 Å². The lowest BCUT2D eigenvalue weighted by Gasteiger charge is -2.16. The number of hydrogen-bond acceptors (Lipinski definition) is 4. The third-order valence-corrected chi connectivity index (χ3v) is 3.69. The molecule has 0 spiro atoms. The van der Waals surface area contributed by atoms with Gasteiger partial charge in [0.15, 0.2) is 0 Å². The van der Waals surface area contributed by atoms with Gasteiger partial charge in [-0.05, 0) is 25.0 Å². The van der Waals surface area contributed by atoms with Crippen molar-refractivity contribution in [2.45, 2.75) is 38.3 Å². The van der Waals surface area contributed by atoms with Gasteiger partial charge in [0.2, 0.25) is 5.91 Å². The summed E-state index contributed by atoms with van der Waals surface area (Å²) in [4.78, 5) is 28.4. The lowest BCUT2D eigenvalue weighted by molar-refractivity contribution is -0.124. The number of nitrogens with one attached hydrogen (secondary N) is 2. The predicted octanol–water partition coefficient (Wildman–Crippen LogP) is 0.550. The van der Waals surface area contributed by atoms with Gasteiger partial charge in [-0.1, -0.05) is 12.5 Å². The fraction of sp³-hybridized carbons (Fsp3) is 0.429. The Labute approximate surface area is 121 Å². The number of H-pyrrole nitrogens is 1. The van der Waals surface area contributed by atoms with E-state index in [1.807, 2.05) is 18.2 Å². The summed E-state index contributed by atoms with van der Waals surface area (Å²) in [7, 11) is 0. The molecule has 0 radical (unpaired) electrons. The van der Waals surface area contributed by atoms with E-state index >= 15 is 0 Å². The fourth-order valence-corrected chi connectivity index (χ4v) is 2.63. The molecule has 3 heterocycles. The van der Waals surface area contributed by atoms with Gasteiger partial charge in [0.25, 0.3) is 0 Å². The number of rotatable bonds is 3. The minimum absolute atomic E-state index is 0.160. The molecule has 0 bridgehead atoms. The third kappa shape index (κ3) is 2.86. The number of carbonyl (C=O) groups excluding carboxylic acids is 1. The highest BCUT2D eigenvalue weighted by Gasteiger charge is 2.27. The van der Waals surface area contributed by atoms with Crippen LogP contribution in [0.4, 0.5) is 0 Å². The first-order chi connectivity index (χ1) is 10.3. The van der Waals surface area contributed by atoms with E-state index in [2.05, 4.69) is 20.5 Å². The van der Waals surface area contributed by atoms with Crippen molar-refractivity contribution in [1.82, 2.24) is 25.1 Å². The minimum Gasteiger partial charge on any atom is -0.349 e. The van der Waals surface area contributed by atoms with Crippen LogP contribution in [0.1, 0.15) is 36.8 Å². The van der Waals surface area contributed by atoms with E-state index in [1.54, 1.807) is 6.20 Å². The summed E-state index contributed by atoms with van der Waals surface area (Å²) in [5, 5.41) is 9.28. The first kappa shape index (κ1) is 13.5. The van der Waals surface area contributed by atoms with Gasteiger partial charge < -0.3 is 5.32 Å². The standard InChI is InChI=1S/C14H17N5O2/c20-13(16-9-10-5-3-4-8-15-10)11-6-1-2-7-12-17-18-14(21)19(11)12/h3-5,8,11H,1-2,6-7,9H2,(H,16,20)(H,18,21). The number of fused-ring (bicyclic) bond motifs is 1. The molecule has 1 aliphatic rings. The molecule has 0 saturated heterocycles. The number of nitrogens with zero attached hydrogens (tertiary/aromatic N) is 3. The van der Waals surface area contributed by atoms with Crippen LogP contribution in [-0.4, -0.2) is 25.7 Å². The molecule has 0 fully saturated rings. The smallest absolute Gasteiger partial charge is 0.344 e. The summed E-state index contributed by atoms with van der Waals surface area (Å²) in [6.07, 6.45) is 4.91. The molecule has 2 N–H and O–H groups in total. The number of aromatic nitrogens is 4. The summed E-state index contributed by atoms with van der Waals surface area (Å²) < 4.78 is 1.49. The van der Waals surface area contributed by atoms with E-state index in [-0.39, 0.29) is 11.6 Å². The lowest BCUT2D eigenvalue weighted by Crippen LogP contribution is -2.36. The molecule has 7 heteroatoms. The number of amides is 1. The Bertz CT molecular complexity index is 676. The molecule has 2 aromatic heterocycles. The molecule has 0 aliphatic carbocycles. The van der Waals surface area contributed by atoms with Gasteiger partial charge in [-0.2, -0.15) is 5.10 Å². The zero-order valence-corrected chi connectivity index (χ0v) is 11.6. The van der Waals surface area contributed by atoms with Crippen LogP contribution in [0.2, 0.25) is 0 Å². The number of pyridine rings is 1. The van der Waals surface area contributed by atoms with E-state index < -0.39 is 6.04 Å². The van der Waals surface area contributed by atoms with Gasteiger partial charge in [-0.25, -0.2) is 9.89 Å². The van der Waals surface area contributed by atoms with Crippen LogP contribution >= 0.6 is 0 Å². The van der Waals surface area contributed by atoms with Gasteiger partial charge >= 0.3 is 5.69 Å². The van der Waals surface area contributed by atoms with Crippen LogP contribution in [0.25, 0.3) is 0 Å². The number of aromatic amines is 1. The molecule has 1 atom stereocenters. The summed E-state index contributed by atoms with van der Waals surface area (Å²) >= 11 is 0. The molecule has 110 valence electrons. The molecular formula is C14H17N5O2. The zero-order valence-electron chi connectivity index (χ0n) is 11.6. The van der Waals surface area contributed by atoms with Crippen LogP contribution in [0.5, 0.6) is 0 Å². The first-order valence-electron chi connectivity index (χ1n) is 7.09. The van der Waals surface area contributed by atoms with Crippen LogP contribution in [0.15, 0.2) is 29.2 Å². The topological polar surface area (TPSA) is 92.7 Å². The zero-order chi connectivity index (χ0) is 14.7. The SMILES string of the molecule is O=C(NCc1ccccn1)C1CCCCc2n[nH]c(=O)n21. The van der Waals surface area contributed by atoms with Gasteiger partial charge in [0.05, 0.1) is 12.2 Å². The molecule has 0 saturated carbocycles. The van der Waals surface area contributed by atoms with Crippen molar-refractivity contribution in [2.75, 3.05) is 0 Å². The minimum atomic E-state index is -0.488. The fourth-order valence-electron chi connectivity index (χ4n) is 2.63. The van der Waals surface area contributed by atoms with Crippen molar-refractivity contribution in [1.29, 1.82) is 0 Å². The van der Waals surface area contributed by atoms with Crippen molar-refractivity contribution in [3.05, 3.63) is 46.4 Å². The average Bonchev–Trinajstić information content (AvgIpc) is 2.75. The van der Waals surface area contributed by atoms with E-state index in [0.29, 0.717) is 18.8 Å². The quantitative estimate of drug-likeness (QED) is 0.862. The molecular weight excluding hydrogens is 270 g/mol. The summed E-state index contributed by atoms with van der Waals surface area (Å²) in [6.45, 7) is 0.359. The Kier molecular flexibility index (Phi) is 3.81. The van der Waals surface area contributed by atoms with Crippen molar-refractivity contribution >= 4 is 5.91 Å². The second-order valence-electron chi connectivity index (χ2n) is 5.12. The second-order valence-corrected chi connectivity index (χ2v) is 5.12. The Morgan fingerprint density at radius 1 is 1.43 bits per heavy atom. The van der Waals surface area contributed by atoms with Gasteiger partial charge in [-0.15, -0.1) is 0 Å². The summed E-state index contributed by atoms with van der Waals surface area (Å²) in [5.74, 6) is 0.503.